The molecule has 0 aliphatic heterocycles. The minimum absolute atomic E-state index is 0.0703. The second kappa shape index (κ2) is 9.43. The van der Waals surface area contributed by atoms with Crippen LogP contribution in [0.15, 0.2) is 48.5 Å². The van der Waals surface area contributed by atoms with Gasteiger partial charge in [-0.25, -0.2) is 0 Å². The Kier molecular flexibility index (Phi) is 6.61. The molecule has 176 valence electrons. The Morgan fingerprint density at radius 1 is 0.818 bits per heavy atom. The normalized spacial score (nSPS) is 25.8. The molecular weight excluding hydrogens is 420 g/mol. The molecule has 3 N–H and O–H groups in total. The fourth-order valence-corrected chi connectivity index (χ4v) is 4.87. The molecule has 2 aromatic rings. The topological polar surface area (TPSA) is 96.9 Å². The number of hydrogen-bond donors (Lipinski definition) is 3. The number of ether oxygens (including phenoxy) is 2. The number of carbonyl (C=O) groups excluding carboxylic acids is 2. The molecule has 33 heavy (non-hydrogen) atoms. The van der Waals surface area contributed by atoms with Gasteiger partial charge in [-0.1, -0.05) is 35.4 Å². The summed E-state index contributed by atoms with van der Waals surface area (Å²) in [7, 11) is 0. The molecule has 0 saturated heterocycles. The van der Waals surface area contributed by atoms with E-state index in [4.69, 9.17) is 9.47 Å². The molecule has 0 aromatic heterocycles. The van der Waals surface area contributed by atoms with Gasteiger partial charge in [-0.05, 0) is 70.2 Å². The smallest absolute Gasteiger partial charge is 0.258 e. The Morgan fingerprint density at radius 2 is 1.27 bits per heavy atom. The van der Waals surface area contributed by atoms with Gasteiger partial charge in [0.15, 0.2) is 13.2 Å². The van der Waals surface area contributed by atoms with Crippen LogP contribution in [0.5, 0.6) is 11.5 Å². The van der Waals surface area contributed by atoms with E-state index in [2.05, 4.69) is 10.6 Å². The van der Waals surface area contributed by atoms with Crippen molar-refractivity contribution in [3.05, 3.63) is 59.7 Å². The van der Waals surface area contributed by atoms with Gasteiger partial charge >= 0.3 is 0 Å². The Balaban J connectivity index is 1.27. The van der Waals surface area contributed by atoms with Crippen molar-refractivity contribution >= 4 is 11.8 Å². The summed E-state index contributed by atoms with van der Waals surface area (Å²) in [6.07, 6.45) is 2.26. The number of aliphatic hydroxyl groups is 1. The number of benzene rings is 2. The summed E-state index contributed by atoms with van der Waals surface area (Å²) in [5, 5.41) is 17.0. The highest BCUT2D eigenvalue weighted by Gasteiger charge is 2.55. The van der Waals surface area contributed by atoms with E-state index in [-0.39, 0.29) is 25.0 Å². The molecule has 7 heteroatoms. The summed E-state index contributed by atoms with van der Waals surface area (Å²) in [6, 6.07) is 15.1. The van der Waals surface area contributed by atoms with E-state index in [1.54, 1.807) is 0 Å². The molecular formula is C26H32N2O5. The summed E-state index contributed by atoms with van der Waals surface area (Å²) >= 11 is 0. The van der Waals surface area contributed by atoms with Crippen LogP contribution in [0.4, 0.5) is 0 Å². The third-order valence-electron chi connectivity index (χ3n) is 6.90. The van der Waals surface area contributed by atoms with E-state index in [1.807, 2.05) is 62.4 Å². The summed E-state index contributed by atoms with van der Waals surface area (Å²) in [4.78, 5) is 25.1. The van der Waals surface area contributed by atoms with Crippen LogP contribution in [0.2, 0.25) is 0 Å². The monoisotopic (exact) mass is 452 g/mol. The van der Waals surface area contributed by atoms with Crippen LogP contribution < -0.4 is 20.1 Å². The average Bonchev–Trinajstić information content (AvgIpc) is 2.79. The highest BCUT2D eigenvalue weighted by molar-refractivity contribution is 5.79. The fourth-order valence-electron chi connectivity index (χ4n) is 4.87. The molecule has 3 saturated carbocycles. The molecule has 2 aromatic carbocycles. The van der Waals surface area contributed by atoms with Gasteiger partial charge in [-0.2, -0.15) is 0 Å². The number of nitrogens with one attached hydrogen (secondary N) is 2. The molecule has 2 amide bonds. The third kappa shape index (κ3) is 5.47. The number of amides is 2. The van der Waals surface area contributed by atoms with Gasteiger partial charge in [-0.15, -0.1) is 0 Å². The van der Waals surface area contributed by atoms with Crippen molar-refractivity contribution in [1.29, 1.82) is 0 Å². The zero-order valence-corrected chi connectivity index (χ0v) is 19.2. The Hall–Kier alpha value is -3.06. The van der Waals surface area contributed by atoms with Crippen LogP contribution >= 0.6 is 0 Å². The Bertz CT molecular complexity index is 979. The van der Waals surface area contributed by atoms with Crippen LogP contribution in [-0.2, 0) is 9.59 Å². The van der Waals surface area contributed by atoms with Crippen molar-refractivity contribution in [3.63, 3.8) is 0 Å². The predicted octanol–water partition coefficient (Wildman–Crippen LogP) is 2.81. The largest absolute Gasteiger partial charge is 0.484 e. The van der Waals surface area contributed by atoms with Crippen molar-refractivity contribution in [3.8, 4) is 11.5 Å². The fraction of sp³-hybridized carbons (Fsp3) is 0.462. The maximum Gasteiger partial charge on any atom is 0.258 e. The number of hydrogen-bond acceptors (Lipinski definition) is 5. The van der Waals surface area contributed by atoms with Crippen molar-refractivity contribution in [2.75, 3.05) is 13.2 Å². The number of rotatable bonds is 8. The summed E-state index contributed by atoms with van der Waals surface area (Å²) in [6.45, 7) is 3.81. The summed E-state index contributed by atoms with van der Waals surface area (Å²) in [5.41, 5.74) is 1.12. The van der Waals surface area contributed by atoms with E-state index in [0.717, 1.165) is 11.1 Å². The van der Waals surface area contributed by atoms with Gasteiger partial charge in [0.05, 0.1) is 11.6 Å². The van der Waals surface area contributed by atoms with E-state index >= 15 is 0 Å². The van der Waals surface area contributed by atoms with Crippen LogP contribution in [0.3, 0.4) is 0 Å². The molecule has 2 bridgehead atoms. The Morgan fingerprint density at radius 3 is 1.73 bits per heavy atom. The van der Waals surface area contributed by atoms with E-state index in [1.165, 1.54) is 0 Å². The van der Waals surface area contributed by atoms with Crippen LogP contribution in [0.25, 0.3) is 0 Å². The Labute approximate surface area is 194 Å². The lowest BCUT2D eigenvalue weighted by molar-refractivity contribution is -0.137. The zero-order chi connectivity index (χ0) is 23.5. The molecule has 3 aliphatic rings. The highest BCUT2D eigenvalue weighted by Crippen LogP contribution is 2.47. The molecule has 0 unspecified atom stereocenters. The van der Waals surface area contributed by atoms with Gasteiger partial charge in [0.25, 0.3) is 11.8 Å². The number of carbonyl (C=O) groups is 2. The van der Waals surface area contributed by atoms with E-state index < -0.39 is 17.2 Å². The zero-order valence-electron chi connectivity index (χ0n) is 19.2. The van der Waals surface area contributed by atoms with Crippen molar-refractivity contribution < 1.29 is 24.2 Å². The second-order valence-corrected chi connectivity index (χ2v) is 9.46. The third-order valence-corrected chi connectivity index (χ3v) is 6.90. The maximum absolute atomic E-state index is 12.5. The second-order valence-electron chi connectivity index (χ2n) is 9.46. The van der Waals surface area contributed by atoms with Gasteiger partial charge in [0.2, 0.25) is 0 Å². The first-order valence-electron chi connectivity index (χ1n) is 11.5. The SMILES string of the molecule is Cc1ccc(OCC(=O)NC23CCC(NC(=O)COc4ccc(C)cc4)(CC2)[C@H](O)C3)cc1. The summed E-state index contributed by atoms with van der Waals surface area (Å²) < 4.78 is 11.2. The van der Waals surface area contributed by atoms with Crippen molar-refractivity contribution in [2.24, 2.45) is 0 Å². The quantitative estimate of drug-likeness (QED) is 0.572. The number of fused-ring (bicyclic) bond motifs is 3. The van der Waals surface area contributed by atoms with Gasteiger partial charge in [0, 0.05) is 5.54 Å². The van der Waals surface area contributed by atoms with E-state index in [9.17, 15) is 14.7 Å². The van der Waals surface area contributed by atoms with Crippen LogP contribution in [-0.4, -0.2) is 47.3 Å². The first-order valence-corrected chi connectivity index (χ1v) is 11.5. The lowest BCUT2D eigenvalue weighted by Gasteiger charge is -2.56. The number of aryl methyl sites for hydroxylation is 2. The standard InChI is InChI=1S/C26H32N2O5/c1-18-3-7-20(8-4-18)32-16-23(30)27-25-11-13-26(14-12-25,22(29)15-25)28-24(31)17-33-21-9-5-19(2)6-10-21/h3-10,22,29H,11-17H2,1-2H3,(H,27,30)(H,28,31)/t22-,25?,26?/m1/s1. The first-order chi connectivity index (χ1) is 15.8. The molecule has 3 aliphatic carbocycles. The highest BCUT2D eigenvalue weighted by atomic mass is 16.5. The number of aliphatic hydroxyl groups excluding tert-OH is 1. The van der Waals surface area contributed by atoms with Gasteiger partial charge < -0.3 is 25.2 Å². The predicted molar refractivity (Wildman–Crippen MR) is 124 cm³/mol. The van der Waals surface area contributed by atoms with Crippen LogP contribution in [0.1, 0.15) is 43.2 Å². The van der Waals surface area contributed by atoms with Gasteiger partial charge in [0.1, 0.15) is 11.5 Å². The van der Waals surface area contributed by atoms with E-state index in [0.29, 0.717) is 43.6 Å². The lowest BCUT2D eigenvalue weighted by atomic mass is 9.60. The van der Waals surface area contributed by atoms with Crippen LogP contribution in [0, 0.1) is 13.8 Å². The average molecular weight is 453 g/mol. The first kappa shape index (κ1) is 23.1. The molecule has 0 heterocycles. The molecule has 0 radical (unpaired) electrons. The molecule has 0 spiro atoms. The molecule has 7 nitrogen and oxygen atoms in total. The minimum atomic E-state index is -0.735. The maximum atomic E-state index is 12.5. The molecule has 5 rings (SSSR count). The van der Waals surface area contributed by atoms with Gasteiger partial charge in [-0.3, -0.25) is 9.59 Å². The molecule has 1 atom stereocenters. The van der Waals surface area contributed by atoms with Crippen molar-refractivity contribution in [1.82, 2.24) is 10.6 Å². The summed E-state index contributed by atoms with van der Waals surface area (Å²) in [5.74, 6) is 0.832. The lowest BCUT2D eigenvalue weighted by Crippen LogP contribution is -2.70. The van der Waals surface area contributed by atoms with Crippen molar-refractivity contribution in [2.45, 2.75) is 63.1 Å². The minimum Gasteiger partial charge on any atom is -0.484 e. The molecule has 3 fully saturated rings.